The molecule has 6 nitrogen and oxygen atoms in total. The highest BCUT2D eigenvalue weighted by molar-refractivity contribution is 5.79. The largest absolute Gasteiger partial charge is 0.375 e. The SMILES string of the molecule is C[C@@H]1CN(C(=O)CN2CCNC(=O)C[C@H]2c2ccccc2)CCO1. The lowest BCUT2D eigenvalue weighted by Crippen LogP contribution is -2.49. The lowest BCUT2D eigenvalue weighted by Gasteiger charge is -2.34. The van der Waals surface area contributed by atoms with Crippen molar-refractivity contribution in [2.24, 2.45) is 0 Å². The Morgan fingerprint density at radius 2 is 2.08 bits per heavy atom. The molecule has 1 aromatic carbocycles. The van der Waals surface area contributed by atoms with Crippen LogP contribution in [0.1, 0.15) is 24.9 Å². The molecule has 2 saturated heterocycles. The van der Waals surface area contributed by atoms with Crippen LogP contribution >= 0.6 is 0 Å². The summed E-state index contributed by atoms with van der Waals surface area (Å²) >= 11 is 0. The van der Waals surface area contributed by atoms with E-state index in [1.54, 1.807) is 0 Å². The van der Waals surface area contributed by atoms with Crippen LogP contribution in [0.3, 0.4) is 0 Å². The van der Waals surface area contributed by atoms with E-state index in [0.717, 1.165) is 5.56 Å². The lowest BCUT2D eigenvalue weighted by atomic mass is 10.0. The van der Waals surface area contributed by atoms with Crippen molar-refractivity contribution in [3.63, 3.8) is 0 Å². The number of nitrogens with zero attached hydrogens (tertiary/aromatic N) is 2. The molecule has 1 aromatic rings. The van der Waals surface area contributed by atoms with E-state index < -0.39 is 0 Å². The Bertz CT molecular complexity index is 578. The van der Waals surface area contributed by atoms with Gasteiger partial charge in [-0.15, -0.1) is 0 Å². The molecule has 0 aromatic heterocycles. The van der Waals surface area contributed by atoms with Gasteiger partial charge in [0.2, 0.25) is 11.8 Å². The molecule has 0 aliphatic carbocycles. The molecule has 0 unspecified atom stereocenters. The summed E-state index contributed by atoms with van der Waals surface area (Å²) in [4.78, 5) is 28.7. The molecule has 130 valence electrons. The second-order valence-electron chi connectivity index (χ2n) is 6.47. The lowest BCUT2D eigenvalue weighted by molar-refractivity contribution is -0.140. The van der Waals surface area contributed by atoms with Crippen LogP contribution < -0.4 is 5.32 Å². The van der Waals surface area contributed by atoms with Gasteiger partial charge in [-0.05, 0) is 12.5 Å². The third-order valence-corrected chi connectivity index (χ3v) is 4.66. The van der Waals surface area contributed by atoms with Crippen LogP contribution in [0.15, 0.2) is 30.3 Å². The molecule has 6 heteroatoms. The summed E-state index contributed by atoms with van der Waals surface area (Å²) in [7, 11) is 0. The fourth-order valence-corrected chi connectivity index (χ4v) is 3.38. The first kappa shape index (κ1) is 16.9. The molecular formula is C18H25N3O3. The van der Waals surface area contributed by atoms with Gasteiger partial charge >= 0.3 is 0 Å². The van der Waals surface area contributed by atoms with Gasteiger partial charge in [-0.3, -0.25) is 14.5 Å². The second kappa shape index (κ2) is 7.77. The molecular weight excluding hydrogens is 306 g/mol. The van der Waals surface area contributed by atoms with Gasteiger partial charge in [0, 0.05) is 38.6 Å². The van der Waals surface area contributed by atoms with Crippen LogP contribution in [0, 0.1) is 0 Å². The van der Waals surface area contributed by atoms with Crippen LogP contribution in [0.2, 0.25) is 0 Å². The van der Waals surface area contributed by atoms with Gasteiger partial charge in [0.15, 0.2) is 0 Å². The zero-order chi connectivity index (χ0) is 16.9. The summed E-state index contributed by atoms with van der Waals surface area (Å²) in [5.74, 6) is 0.152. The van der Waals surface area contributed by atoms with Gasteiger partial charge in [-0.2, -0.15) is 0 Å². The molecule has 24 heavy (non-hydrogen) atoms. The summed E-state index contributed by atoms with van der Waals surface area (Å²) < 4.78 is 5.51. The van der Waals surface area contributed by atoms with Crippen molar-refractivity contribution >= 4 is 11.8 Å². The van der Waals surface area contributed by atoms with Gasteiger partial charge in [0.25, 0.3) is 0 Å². The average Bonchev–Trinajstić information content (AvgIpc) is 2.77. The Labute approximate surface area is 142 Å². The molecule has 0 radical (unpaired) electrons. The third kappa shape index (κ3) is 4.13. The van der Waals surface area contributed by atoms with Crippen LogP contribution in [-0.2, 0) is 14.3 Å². The maximum absolute atomic E-state index is 12.7. The summed E-state index contributed by atoms with van der Waals surface area (Å²) in [6.45, 7) is 5.45. The van der Waals surface area contributed by atoms with Crippen molar-refractivity contribution in [3.8, 4) is 0 Å². The number of carbonyl (C=O) groups excluding carboxylic acids is 2. The standard InChI is InChI=1S/C18H25N3O3/c1-14-12-21(9-10-24-14)18(23)13-20-8-7-19-17(22)11-16(20)15-5-3-2-4-6-15/h2-6,14,16H,7-13H2,1H3,(H,19,22)/t14-,16+/m1/s1. The van der Waals surface area contributed by atoms with Crippen molar-refractivity contribution < 1.29 is 14.3 Å². The minimum absolute atomic E-state index is 0.0406. The molecule has 2 aliphatic rings. The van der Waals surface area contributed by atoms with E-state index in [0.29, 0.717) is 45.8 Å². The molecule has 2 fully saturated rings. The number of hydrogen-bond acceptors (Lipinski definition) is 4. The monoisotopic (exact) mass is 331 g/mol. The molecule has 1 N–H and O–H groups in total. The summed E-state index contributed by atoms with van der Waals surface area (Å²) in [6, 6.07) is 9.90. The van der Waals surface area contributed by atoms with Crippen molar-refractivity contribution in [2.45, 2.75) is 25.5 Å². The van der Waals surface area contributed by atoms with Crippen molar-refractivity contribution in [3.05, 3.63) is 35.9 Å². The Morgan fingerprint density at radius 3 is 2.83 bits per heavy atom. The Morgan fingerprint density at radius 1 is 1.29 bits per heavy atom. The van der Waals surface area contributed by atoms with E-state index in [2.05, 4.69) is 10.2 Å². The quantitative estimate of drug-likeness (QED) is 0.890. The highest BCUT2D eigenvalue weighted by Gasteiger charge is 2.30. The predicted octanol–water partition coefficient (Wildman–Crippen LogP) is 0.797. The Kier molecular flexibility index (Phi) is 5.48. The fourth-order valence-electron chi connectivity index (χ4n) is 3.38. The Balaban J connectivity index is 1.73. The molecule has 2 aliphatic heterocycles. The van der Waals surface area contributed by atoms with Crippen LogP contribution in [0.4, 0.5) is 0 Å². The number of morpholine rings is 1. The first-order valence-corrected chi connectivity index (χ1v) is 8.58. The smallest absolute Gasteiger partial charge is 0.236 e. The molecule has 0 bridgehead atoms. The predicted molar refractivity (Wildman–Crippen MR) is 90.4 cm³/mol. The molecule has 2 atom stereocenters. The van der Waals surface area contributed by atoms with E-state index in [1.807, 2.05) is 42.2 Å². The Hall–Kier alpha value is -1.92. The minimum Gasteiger partial charge on any atom is -0.375 e. The highest BCUT2D eigenvalue weighted by atomic mass is 16.5. The van der Waals surface area contributed by atoms with Crippen molar-refractivity contribution in [1.82, 2.24) is 15.1 Å². The maximum Gasteiger partial charge on any atom is 0.236 e. The minimum atomic E-state index is -0.0592. The second-order valence-corrected chi connectivity index (χ2v) is 6.47. The topological polar surface area (TPSA) is 61.9 Å². The van der Waals surface area contributed by atoms with Crippen LogP contribution in [0.5, 0.6) is 0 Å². The summed E-state index contributed by atoms with van der Waals surface area (Å²) in [5, 5.41) is 2.91. The van der Waals surface area contributed by atoms with Crippen molar-refractivity contribution in [2.75, 3.05) is 39.3 Å². The molecule has 2 heterocycles. The summed E-state index contributed by atoms with van der Waals surface area (Å²) in [5.41, 5.74) is 1.08. The number of benzene rings is 1. The van der Waals surface area contributed by atoms with Gasteiger partial charge in [0.05, 0.1) is 19.3 Å². The van der Waals surface area contributed by atoms with Gasteiger partial charge < -0.3 is 15.0 Å². The van der Waals surface area contributed by atoms with Gasteiger partial charge in [0.1, 0.15) is 0 Å². The maximum atomic E-state index is 12.7. The summed E-state index contributed by atoms with van der Waals surface area (Å²) in [6.07, 6.45) is 0.469. The van der Waals surface area contributed by atoms with Crippen molar-refractivity contribution in [1.29, 1.82) is 0 Å². The highest BCUT2D eigenvalue weighted by Crippen LogP contribution is 2.25. The van der Waals surface area contributed by atoms with E-state index in [1.165, 1.54) is 0 Å². The van der Waals surface area contributed by atoms with E-state index >= 15 is 0 Å². The molecule has 2 amide bonds. The normalized spacial score (nSPS) is 25.9. The van der Waals surface area contributed by atoms with E-state index in [9.17, 15) is 9.59 Å². The first-order valence-electron chi connectivity index (χ1n) is 8.58. The molecule has 0 spiro atoms. The van der Waals surface area contributed by atoms with Gasteiger partial charge in [-0.1, -0.05) is 30.3 Å². The number of amides is 2. The van der Waals surface area contributed by atoms with Crippen LogP contribution in [0.25, 0.3) is 0 Å². The first-order chi connectivity index (χ1) is 11.6. The number of carbonyl (C=O) groups is 2. The molecule has 3 rings (SSSR count). The fraction of sp³-hybridized carbons (Fsp3) is 0.556. The van der Waals surface area contributed by atoms with E-state index in [-0.39, 0.29) is 24.0 Å². The third-order valence-electron chi connectivity index (χ3n) is 4.66. The zero-order valence-corrected chi connectivity index (χ0v) is 14.1. The zero-order valence-electron chi connectivity index (χ0n) is 14.1. The molecule has 0 saturated carbocycles. The van der Waals surface area contributed by atoms with Crippen LogP contribution in [-0.4, -0.2) is 67.0 Å². The number of ether oxygens (including phenoxy) is 1. The number of rotatable bonds is 3. The van der Waals surface area contributed by atoms with E-state index in [4.69, 9.17) is 4.74 Å². The van der Waals surface area contributed by atoms with Gasteiger partial charge in [-0.25, -0.2) is 0 Å². The number of hydrogen-bond donors (Lipinski definition) is 1. The number of nitrogens with one attached hydrogen (secondary N) is 1. The average molecular weight is 331 g/mol.